The van der Waals surface area contributed by atoms with Crippen LogP contribution in [-0.4, -0.2) is 17.4 Å². The molecule has 0 saturated carbocycles. The molecule has 1 aromatic heterocycles. The molecular formula is C21H21N3O. The van der Waals surface area contributed by atoms with E-state index in [-0.39, 0.29) is 5.91 Å². The number of aryl methyl sites for hydroxylation is 1. The second-order valence-corrected chi connectivity index (χ2v) is 5.91. The van der Waals surface area contributed by atoms with Gasteiger partial charge in [-0.05, 0) is 43.2 Å². The molecule has 25 heavy (non-hydrogen) atoms. The summed E-state index contributed by atoms with van der Waals surface area (Å²) >= 11 is 0. The molecule has 2 aromatic carbocycles. The van der Waals surface area contributed by atoms with E-state index in [0.29, 0.717) is 11.3 Å². The molecule has 1 heterocycles. The van der Waals surface area contributed by atoms with E-state index in [9.17, 15) is 4.79 Å². The smallest absolute Gasteiger partial charge is 0.255 e. The summed E-state index contributed by atoms with van der Waals surface area (Å²) < 4.78 is 0. The summed E-state index contributed by atoms with van der Waals surface area (Å²) in [4.78, 5) is 16.5. The van der Waals surface area contributed by atoms with Crippen molar-refractivity contribution in [2.24, 2.45) is 0 Å². The van der Waals surface area contributed by atoms with Crippen molar-refractivity contribution in [3.8, 4) is 0 Å². The summed E-state index contributed by atoms with van der Waals surface area (Å²) in [6.45, 7) is 2.81. The number of aromatic nitrogens is 1. The van der Waals surface area contributed by atoms with Crippen LogP contribution in [0.2, 0.25) is 0 Å². The van der Waals surface area contributed by atoms with Crippen molar-refractivity contribution in [2.45, 2.75) is 13.3 Å². The van der Waals surface area contributed by atoms with Crippen LogP contribution in [0.25, 0.3) is 0 Å². The molecule has 0 unspecified atom stereocenters. The van der Waals surface area contributed by atoms with Gasteiger partial charge >= 0.3 is 0 Å². The van der Waals surface area contributed by atoms with Crippen LogP contribution < -0.4 is 10.6 Å². The molecule has 3 rings (SSSR count). The van der Waals surface area contributed by atoms with E-state index < -0.39 is 0 Å². The van der Waals surface area contributed by atoms with E-state index in [1.807, 2.05) is 61.5 Å². The summed E-state index contributed by atoms with van der Waals surface area (Å²) in [6.07, 6.45) is 2.60. The first-order valence-corrected chi connectivity index (χ1v) is 8.32. The number of hydrogen-bond acceptors (Lipinski definition) is 3. The Morgan fingerprint density at radius 3 is 2.40 bits per heavy atom. The number of anilines is 2. The fraction of sp³-hybridized carbons (Fsp3) is 0.143. The number of nitrogens with zero attached hydrogens (tertiary/aromatic N) is 1. The Kier molecular flexibility index (Phi) is 5.42. The lowest BCUT2D eigenvalue weighted by Crippen LogP contribution is -2.12. The van der Waals surface area contributed by atoms with Gasteiger partial charge in [0.15, 0.2) is 0 Å². The summed E-state index contributed by atoms with van der Waals surface area (Å²) in [7, 11) is 0. The van der Waals surface area contributed by atoms with Crippen LogP contribution in [0, 0.1) is 6.92 Å². The van der Waals surface area contributed by atoms with Gasteiger partial charge in [0.2, 0.25) is 0 Å². The summed E-state index contributed by atoms with van der Waals surface area (Å²) in [6, 6.07) is 21.5. The van der Waals surface area contributed by atoms with Crippen LogP contribution in [0.1, 0.15) is 21.5 Å². The van der Waals surface area contributed by atoms with Crippen LogP contribution in [0.4, 0.5) is 11.5 Å². The van der Waals surface area contributed by atoms with Gasteiger partial charge in [0.05, 0.1) is 11.9 Å². The number of rotatable bonds is 6. The molecule has 0 aliphatic heterocycles. The van der Waals surface area contributed by atoms with Gasteiger partial charge < -0.3 is 10.6 Å². The molecule has 0 spiro atoms. The Morgan fingerprint density at radius 1 is 0.960 bits per heavy atom. The fourth-order valence-electron chi connectivity index (χ4n) is 2.46. The van der Waals surface area contributed by atoms with Gasteiger partial charge in [-0.15, -0.1) is 0 Å². The molecule has 0 radical (unpaired) electrons. The van der Waals surface area contributed by atoms with Crippen molar-refractivity contribution in [1.29, 1.82) is 0 Å². The third-order valence-electron chi connectivity index (χ3n) is 3.90. The number of nitrogens with one attached hydrogen (secondary N) is 2. The molecule has 0 saturated heterocycles. The SMILES string of the molecule is Cc1ccc(C(=O)Nc2ccc(NCCc3ccccc3)nc2)cc1. The molecule has 1 amide bonds. The molecule has 3 aromatic rings. The van der Waals surface area contributed by atoms with E-state index in [2.05, 4.69) is 27.8 Å². The minimum absolute atomic E-state index is 0.133. The maximum absolute atomic E-state index is 12.2. The van der Waals surface area contributed by atoms with Crippen LogP contribution in [0.15, 0.2) is 72.9 Å². The zero-order valence-electron chi connectivity index (χ0n) is 14.2. The maximum Gasteiger partial charge on any atom is 0.255 e. The quantitative estimate of drug-likeness (QED) is 0.708. The van der Waals surface area contributed by atoms with E-state index in [0.717, 1.165) is 24.3 Å². The topological polar surface area (TPSA) is 54.0 Å². The second-order valence-electron chi connectivity index (χ2n) is 5.91. The molecule has 4 heteroatoms. The average Bonchev–Trinajstić information content (AvgIpc) is 2.64. The highest BCUT2D eigenvalue weighted by molar-refractivity contribution is 6.04. The van der Waals surface area contributed by atoms with Crippen LogP contribution in [0.3, 0.4) is 0 Å². The lowest BCUT2D eigenvalue weighted by Gasteiger charge is -2.08. The van der Waals surface area contributed by atoms with Gasteiger partial charge in [0.25, 0.3) is 5.91 Å². The number of amides is 1. The number of pyridine rings is 1. The molecule has 0 fully saturated rings. The molecule has 0 aliphatic carbocycles. The van der Waals surface area contributed by atoms with Crippen LogP contribution in [0.5, 0.6) is 0 Å². The lowest BCUT2D eigenvalue weighted by atomic mass is 10.1. The van der Waals surface area contributed by atoms with E-state index in [1.165, 1.54) is 5.56 Å². The predicted octanol–water partition coefficient (Wildman–Crippen LogP) is 4.30. The molecule has 2 N–H and O–H groups in total. The van der Waals surface area contributed by atoms with Gasteiger partial charge in [-0.25, -0.2) is 4.98 Å². The maximum atomic E-state index is 12.2. The fourth-order valence-corrected chi connectivity index (χ4v) is 2.46. The second kappa shape index (κ2) is 8.11. The van der Waals surface area contributed by atoms with E-state index >= 15 is 0 Å². The van der Waals surface area contributed by atoms with Crippen molar-refractivity contribution in [3.05, 3.63) is 89.6 Å². The monoisotopic (exact) mass is 331 g/mol. The normalized spacial score (nSPS) is 10.3. The minimum atomic E-state index is -0.133. The Morgan fingerprint density at radius 2 is 1.72 bits per heavy atom. The number of benzene rings is 2. The lowest BCUT2D eigenvalue weighted by molar-refractivity contribution is 0.102. The van der Waals surface area contributed by atoms with Crippen molar-refractivity contribution in [2.75, 3.05) is 17.2 Å². The standard InChI is InChI=1S/C21H21N3O/c1-16-7-9-18(10-8-16)21(25)24-19-11-12-20(23-15-19)22-14-13-17-5-3-2-4-6-17/h2-12,15H,13-14H2,1H3,(H,22,23)(H,24,25). The van der Waals surface area contributed by atoms with Crippen LogP contribution >= 0.6 is 0 Å². The predicted molar refractivity (Wildman–Crippen MR) is 102 cm³/mol. The molecule has 0 aliphatic rings. The Balaban J connectivity index is 1.51. The van der Waals surface area contributed by atoms with Gasteiger partial charge in [0, 0.05) is 12.1 Å². The van der Waals surface area contributed by atoms with Gasteiger partial charge in [-0.1, -0.05) is 48.0 Å². The largest absolute Gasteiger partial charge is 0.370 e. The summed E-state index contributed by atoms with van der Waals surface area (Å²) in [5.74, 6) is 0.663. The molecule has 126 valence electrons. The number of carbonyl (C=O) groups excluding carboxylic acids is 1. The zero-order chi connectivity index (χ0) is 17.5. The van der Waals surface area contributed by atoms with E-state index in [1.54, 1.807) is 6.20 Å². The molecule has 0 atom stereocenters. The Hall–Kier alpha value is -3.14. The average molecular weight is 331 g/mol. The number of carbonyl (C=O) groups is 1. The highest BCUT2D eigenvalue weighted by Crippen LogP contribution is 2.12. The van der Waals surface area contributed by atoms with Crippen molar-refractivity contribution < 1.29 is 4.79 Å². The highest BCUT2D eigenvalue weighted by Gasteiger charge is 2.06. The van der Waals surface area contributed by atoms with Gasteiger partial charge in [-0.2, -0.15) is 0 Å². The zero-order valence-corrected chi connectivity index (χ0v) is 14.2. The van der Waals surface area contributed by atoms with Crippen LogP contribution in [-0.2, 0) is 6.42 Å². The first kappa shape index (κ1) is 16.7. The van der Waals surface area contributed by atoms with Gasteiger partial charge in [-0.3, -0.25) is 4.79 Å². The molecular weight excluding hydrogens is 310 g/mol. The molecule has 0 bridgehead atoms. The highest BCUT2D eigenvalue weighted by atomic mass is 16.1. The third kappa shape index (κ3) is 4.91. The third-order valence-corrected chi connectivity index (χ3v) is 3.90. The molecule has 4 nitrogen and oxygen atoms in total. The van der Waals surface area contributed by atoms with E-state index in [4.69, 9.17) is 0 Å². The van der Waals surface area contributed by atoms with Crippen molar-refractivity contribution in [1.82, 2.24) is 4.98 Å². The summed E-state index contributed by atoms with van der Waals surface area (Å²) in [5, 5.41) is 6.15. The number of hydrogen-bond donors (Lipinski definition) is 2. The van der Waals surface area contributed by atoms with Crippen molar-refractivity contribution in [3.63, 3.8) is 0 Å². The Labute approximate surface area is 147 Å². The first-order chi connectivity index (χ1) is 12.2. The first-order valence-electron chi connectivity index (χ1n) is 8.32. The Bertz CT molecular complexity index is 812. The summed E-state index contributed by atoms with van der Waals surface area (Å²) in [5.41, 5.74) is 3.73. The minimum Gasteiger partial charge on any atom is -0.370 e. The van der Waals surface area contributed by atoms with Crippen molar-refractivity contribution >= 4 is 17.4 Å². The van der Waals surface area contributed by atoms with Gasteiger partial charge in [0.1, 0.15) is 5.82 Å².